The molecule has 0 spiro atoms. The number of rotatable bonds is 3. The fraction of sp³-hybridized carbons (Fsp3) is 0.200. The summed E-state index contributed by atoms with van der Waals surface area (Å²) in [7, 11) is 1.52. The number of methoxy groups -OCH3 is 1. The quantitative estimate of drug-likeness (QED) is 0.886. The van der Waals surface area contributed by atoms with Gasteiger partial charge in [-0.1, -0.05) is 4.49 Å². The molecule has 6 heteroatoms. The zero-order valence-electron chi connectivity index (χ0n) is 8.55. The van der Waals surface area contributed by atoms with Gasteiger partial charge in [-0.2, -0.15) is 0 Å². The highest BCUT2D eigenvalue weighted by Crippen LogP contribution is 2.28. The van der Waals surface area contributed by atoms with Gasteiger partial charge in [0.15, 0.2) is 0 Å². The van der Waals surface area contributed by atoms with E-state index in [4.69, 9.17) is 10.5 Å². The van der Waals surface area contributed by atoms with Gasteiger partial charge in [-0.15, -0.1) is 5.10 Å². The van der Waals surface area contributed by atoms with Crippen LogP contribution in [0, 0.1) is 5.82 Å². The summed E-state index contributed by atoms with van der Waals surface area (Å²) < 4.78 is 22.0. The molecular formula is C10H10FN3OS. The van der Waals surface area contributed by atoms with Crippen LogP contribution in [0.5, 0.6) is 5.75 Å². The summed E-state index contributed by atoms with van der Waals surface area (Å²) in [5.74, 6) is 0.191. The third-order valence-corrected chi connectivity index (χ3v) is 2.75. The van der Waals surface area contributed by atoms with Gasteiger partial charge in [0.2, 0.25) is 0 Å². The SMILES string of the molecule is COc1ccc(F)cc1C(N)c1csnn1. The molecule has 84 valence electrons. The van der Waals surface area contributed by atoms with E-state index >= 15 is 0 Å². The summed E-state index contributed by atoms with van der Waals surface area (Å²) in [6, 6.07) is 3.70. The number of ether oxygens (including phenoxy) is 1. The molecule has 1 unspecified atom stereocenters. The minimum absolute atomic E-state index is 0.352. The Bertz CT molecular complexity index is 475. The molecule has 1 atom stereocenters. The standard InChI is InChI=1S/C10H10FN3OS/c1-15-9-3-2-6(11)4-7(9)10(12)8-5-16-14-13-8/h2-5,10H,12H2,1H3. The van der Waals surface area contributed by atoms with Gasteiger partial charge >= 0.3 is 0 Å². The van der Waals surface area contributed by atoms with Crippen LogP contribution in [0.4, 0.5) is 4.39 Å². The molecule has 16 heavy (non-hydrogen) atoms. The van der Waals surface area contributed by atoms with Crippen molar-refractivity contribution in [2.75, 3.05) is 7.11 Å². The predicted octanol–water partition coefficient (Wildman–Crippen LogP) is 1.73. The molecule has 0 bridgehead atoms. The van der Waals surface area contributed by atoms with E-state index in [1.165, 1.54) is 30.8 Å². The molecule has 0 aliphatic heterocycles. The molecule has 1 heterocycles. The Morgan fingerprint density at radius 2 is 2.31 bits per heavy atom. The van der Waals surface area contributed by atoms with Crippen LogP contribution in [-0.2, 0) is 0 Å². The molecule has 2 N–H and O–H groups in total. The summed E-state index contributed by atoms with van der Waals surface area (Å²) in [6.45, 7) is 0. The maximum atomic E-state index is 13.1. The number of nitrogens with two attached hydrogens (primary N) is 1. The lowest BCUT2D eigenvalue weighted by Crippen LogP contribution is -2.13. The summed E-state index contributed by atoms with van der Waals surface area (Å²) in [5.41, 5.74) is 7.13. The van der Waals surface area contributed by atoms with Crippen molar-refractivity contribution in [3.63, 3.8) is 0 Å². The minimum atomic E-state index is -0.524. The van der Waals surface area contributed by atoms with Gasteiger partial charge in [-0.3, -0.25) is 0 Å². The number of hydrogen-bond donors (Lipinski definition) is 1. The van der Waals surface area contributed by atoms with Gasteiger partial charge in [0, 0.05) is 10.9 Å². The van der Waals surface area contributed by atoms with Crippen LogP contribution >= 0.6 is 11.5 Å². The van der Waals surface area contributed by atoms with Gasteiger partial charge in [-0.05, 0) is 29.7 Å². The molecule has 2 rings (SSSR count). The summed E-state index contributed by atoms with van der Waals surface area (Å²) in [5, 5.41) is 5.59. The molecule has 2 aromatic rings. The number of aromatic nitrogens is 2. The van der Waals surface area contributed by atoms with Crippen LogP contribution in [-0.4, -0.2) is 16.7 Å². The summed E-state index contributed by atoms with van der Waals surface area (Å²) >= 11 is 1.20. The van der Waals surface area contributed by atoms with Crippen molar-refractivity contribution in [1.29, 1.82) is 0 Å². The van der Waals surface area contributed by atoms with Crippen molar-refractivity contribution in [1.82, 2.24) is 9.59 Å². The zero-order chi connectivity index (χ0) is 11.5. The van der Waals surface area contributed by atoms with E-state index in [9.17, 15) is 4.39 Å². The van der Waals surface area contributed by atoms with Crippen LogP contribution in [0.1, 0.15) is 17.3 Å². The van der Waals surface area contributed by atoms with E-state index in [-0.39, 0.29) is 5.82 Å². The molecule has 0 aliphatic rings. The topological polar surface area (TPSA) is 61.0 Å². The highest BCUT2D eigenvalue weighted by atomic mass is 32.1. The monoisotopic (exact) mass is 239 g/mol. The molecule has 1 aromatic heterocycles. The Morgan fingerprint density at radius 3 is 2.94 bits per heavy atom. The van der Waals surface area contributed by atoms with E-state index in [1.54, 1.807) is 11.4 Å². The smallest absolute Gasteiger partial charge is 0.124 e. The van der Waals surface area contributed by atoms with Crippen molar-refractivity contribution in [2.45, 2.75) is 6.04 Å². The second-order valence-corrected chi connectivity index (χ2v) is 3.80. The second-order valence-electron chi connectivity index (χ2n) is 3.19. The second kappa shape index (κ2) is 4.54. The van der Waals surface area contributed by atoms with Crippen LogP contribution in [0.15, 0.2) is 23.6 Å². The molecule has 0 amide bonds. The van der Waals surface area contributed by atoms with E-state index in [0.717, 1.165) is 0 Å². The average Bonchev–Trinajstić information content (AvgIpc) is 2.81. The lowest BCUT2D eigenvalue weighted by Gasteiger charge is -2.13. The fourth-order valence-electron chi connectivity index (χ4n) is 1.41. The molecule has 4 nitrogen and oxygen atoms in total. The van der Waals surface area contributed by atoms with Crippen LogP contribution in [0.25, 0.3) is 0 Å². The van der Waals surface area contributed by atoms with E-state index in [2.05, 4.69) is 9.59 Å². The maximum absolute atomic E-state index is 13.1. The van der Waals surface area contributed by atoms with E-state index < -0.39 is 6.04 Å². The predicted molar refractivity (Wildman–Crippen MR) is 58.9 cm³/mol. The highest BCUT2D eigenvalue weighted by Gasteiger charge is 2.17. The molecule has 0 radical (unpaired) electrons. The first kappa shape index (κ1) is 11.0. The minimum Gasteiger partial charge on any atom is -0.496 e. The number of halogens is 1. The van der Waals surface area contributed by atoms with Crippen LogP contribution in [0.3, 0.4) is 0 Å². The van der Waals surface area contributed by atoms with Crippen LogP contribution in [0.2, 0.25) is 0 Å². The number of hydrogen-bond acceptors (Lipinski definition) is 5. The van der Waals surface area contributed by atoms with Crippen molar-refractivity contribution >= 4 is 11.5 Å². The first-order chi connectivity index (χ1) is 7.72. The van der Waals surface area contributed by atoms with Crippen molar-refractivity contribution < 1.29 is 9.13 Å². The Balaban J connectivity index is 2.42. The van der Waals surface area contributed by atoms with Crippen LogP contribution < -0.4 is 10.5 Å². The molecule has 0 saturated carbocycles. The lowest BCUT2D eigenvalue weighted by molar-refractivity contribution is 0.406. The van der Waals surface area contributed by atoms with Crippen molar-refractivity contribution in [2.24, 2.45) is 5.73 Å². The molecule has 0 fully saturated rings. The Labute approximate surface area is 96.0 Å². The highest BCUT2D eigenvalue weighted by molar-refractivity contribution is 7.03. The first-order valence-corrected chi connectivity index (χ1v) is 5.42. The van der Waals surface area contributed by atoms with Gasteiger partial charge in [-0.25, -0.2) is 4.39 Å². The Morgan fingerprint density at radius 1 is 1.50 bits per heavy atom. The summed E-state index contributed by atoms with van der Waals surface area (Å²) in [6.07, 6.45) is 0. The van der Waals surface area contributed by atoms with Gasteiger partial charge in [0.05, 0.1) is 18.8 Å². The Kier molecular flexibility index (Phi) is 3.12. The van der Waals surface area contributed by atoms with Gasteiger partial charge in [0.1, 0.15) is 11.6 Å². The normalized spacial score (nSPS) is 12.4. The van der Waals surface area contributed by atoms with Crippen molar-refractivity contribution in [3.05, 3.63) is 40.7 Å². The maximum Gasteiger partial charge on any atom is 0.124 e. The largest absolute Gasteiger partial charge is 0.496 e. The number of nitrogens with zero attached hydrogens (tertiary/aromatic N) is 2. The Hall–Kier alpha value is -1.53. The summed E-state index contributed by atoms with van der Waals surface area (Å²) in [4.78, 5) is 0. The van der Waals surface area contributed by atoms with Gasteiger partial charge in [0.25, 0.3) is 0 Å². The molecule has 0 saturated heterocycles. The third-order valence-electron chi connectivity index (χ3n) is 2.22. The zero-order valence-corrected chi connectivity index (χ0v) is 9.37. The molecule has 0 aliphatic carbocycles. The van der Waals surface area contributed by atoms with E-state index in [0.29, 0.717) is 17.0 Å². The first-order valence-electron chi connectivity index (χ1n) is 4.58. The van der Waals surface area contributed by atoms with Crippen molar-refractivity contribution in [3.8, 4) is 5.75 Å². The molecule has 1 aromatic carbocycles. The fourth-order valence-corrected chi connectivity index (χ4v) is 1.91. The lowest BCUT2D eigenvalue weighted by atomic mass is 10.0. The van der Waals surface area contributed by atoms with E-state index in [1.807, 2.05) is 0 Å². The number of benzene rings is 1. The molecular weight excluding hydrogens is 229 g/mol. The van der Waals surface area contributed by atoms with Gasteiger partial charge < -0.3 is 10.5 Å². The average molecular weight is 239 g/mol. The third kappa shape index (κ3) is 2.02.